The predicted molar refractivity (Wildman–Crippen MR) is 265 cm³/mol. The minimum atomic E-state index is -5.02. The molecule has 0 aliphatic carbocycles. The number of hydrogen-bond donors (Lipinski definition) is 5. The summed E-state index contributed by atoms with van der Waals surface area (Å²) in [5.74, 6) is -3.76. The molecule has 5 heterocycles. The summed E-state index contributed by atoms with van der Waals surface area (Å²) >= 11 is 1.54. The summed E-state index contributed by atoms with van der Waals surface area (Å²) in [6.07, 6.45) is -3.95. The molecular formula is C51H61F4N9O7S. The van der Waals surface area contributed by atoms with Crippen LogP contribution in [0.1, 0.15) is 93.0 Å². The molecule has 2 saturated heterocycles. The van der Waals surface area contributed by atoms with Crippen LogP contribution < -0.4 is 26.4 Å². The lowest BCUT2D eigenvalue weighted by Gasteiger charge is -2.44. The van der Waals surface area contributed by atoms with Gasteiger partial charge in [-0.2, -0.15) is 13.2 Å². The van der Waals surface area contributed by atoms with Crippen LogP contribution in [-0.4, -0.2) is 129 Å². The summed E-state index contributed by atoms with van der Waals surface area (Å²) < 4.78 is 58.2. The molecule has 0 saturated carbocycles. The topological polar surface area (TPSA) is 200 Å². The zero-order valence-electron chi connectivity index (χ0n) is 41.3. The Balaban J connectivity index is 0.987. The van der Waals surface area contributed by atoms with Crippen molar-refractivity contribution in [2.24, 2.45) is 5.41 Å². The number of benzene rings is 2. The Morgan fingerprint density at radius 2 is 1.68 bits per heavy atom. The van der Waals surface area contributed by atoms with Crippen molar-refractivity contribution in [1.82, 2.24) is 35.3 Å². The summed E-state index contributed by atoms with van der Waals surface area (Å²) in [7, 11) is 1.95. The number of aliphatic hydroxyl groups excluding tert-OH is 1. The number of aromatic amines is 1. The van der Waals surface area contributed by atoms with E-state index >= 15 is 4.39 Å². The number of β-amino-alcohol motifs (C(OH)–C–C–N with tert-alkyl or cyclic N) is 1. The van der Waals surface area contributed by atoms with E-state index in [9.17, 15) is 47.0 Å². The van der Waals surface area contributed by atoms with Gasteiger partial charge in [0.15, 0.2) is 0 Å². The first-order chi connectivity index (χ1) is 33.9. The van der Waals surface area contributed by atoms with E-state index in [1.165, 1.54) is 33.3 Å². The van der Waals surface area contributed by atoms with Crippen molar-refractivity contribution in [2.45, 2.75) is 110 Å². The number of thiazole rings is 1. The van der Waals surface area contributed by atoms with Crippen molar-refractivity contribution in [2.75, 3.05) is 50.0 Å². The molecule has 5 N–H and O–H groups in total. The highest BCUT2D eigenvalue weighted by atomic mass is 32.1. The van der Waals surface area contributed by atoms with Crippen LogP contribution in [0, 0.1) is 18.2 Å². The third-order valence-electron chi connectivity index (χ3n) is 13.7. The highest BCUT2D eigenvalue weighted by Crippen LogP contribution is 2.38. The van der Waals surface area contributed by atoms with Crippen molar-refractivity contribution >= 4 is 57.8 Å². The number of H-pyrrole nitrogens is 1. The maximum Gasteiger partial charge on any atom is 0.417 e. The number of nitrogens with one attached hydrogen (secondary N) is 4. The fourth-order valence-corrected chi connectivity index (χ4v) is 10.2. The molecule has 0 radical (unpaired) electrons. The molecule has 0 bridgehead atoms. The number of likely N-dealkylation sites (N-methyl/N-ethyl adjacent to an activating group) is 1. The third-order valence-corrected chi connectivity index (χ3v) is 14.7. The van der Waals surface area contributed by atoms with E-state index in [4.69, 9.17) is 0 Å². The number of alkyl halides is 3. The summed E-state index contributed by atoms with van der Waals surface area (Å²) in [4.78, 5) is 94.3. The van der Waals surface area contributed by atoms with Crippen LogP contribution in [0.2, 0.25) is 0 Å². The molecule has 2 fully saturated rings. The second kappa shape index (κ2) is 21.7. The van der Waals surface area contributed by atoms with Crippen LogP contribution in [0.5, 0.6) is 0 Å². The van der Waals surface area contributed by atoms with Crippen LogP contribution in [-0.2, 0) is 31.9 Å². The monoisotopic (exact) mass is 1020 g/mol. The van der Waals surface area contributed by atoms with Gasteiger partial charge in [0, 0.05) is 88.4 Å². The number of amides is 5. The van der Waals surface area contributed by atoms with Gasteiger partial charge in [0.05, 0.1) is 44.7 Å². The number of halogens is 4. The third kappa shape index (κ3) is 12.2. The molecule has 1 unspecified atom stereocenters. The number of nitrogens with zero attached hydrogens (tertiary/aromatic N) is 5. The second-order valence-electron chi connectivity index (χ2n) is 20.0. The van der Waals surface area contributed by atoms with Crippen molar-refractivity contribution < 1.29 is 46.6 Å². The molecule has 0 spiro atoms. The van der Waals surface area contributed by atoms with Gasteiger partial charge >= 0.3 is 6.18 Å². The van der Waals surface area contributed by atoms with E-state index in [0.29, 0.717) is 30.9 Å². The Morgan fingerprint density at radius 1 is 0.986 bits per heavy atom. The fourth-order valence-electron chi connectivity index (χ4n) is 9.39. The number of likely N-dealkylation sites (tertiary alicyclic amines) is 1. The van der Waals surface area contributed by atoms with Gasteiger partial charge in [0.25, 0.3) is 5.91 Å². The molecule has 386 valence electrons. The number of aryl methyl sites for hydroxylation is 1. The van der Waals surface area contributed by atoms with E-state index in [1.54, 1.807) is 32.4 Å². The van der Waals surface area contributed by atoms with Crippen molar-refractivity contribution in [3.05, 3.63) is 104 Å². The molecule has 7 rings (SSSR count). The molecule has 5 amide bonds. The maximum absolute atomic E-state index is 16.2. The first-order valence-corrected chi connectivity index (χ1v) is 24.7. The lowest BCUT2D eigenvalue weighted by Crippen LogP contribution is -2.57. The minimum absolute atomic E-state index is 0.00686. The van der Waals surface area contributed by atoms with E-state index in [-0.39, 0.29) is 86.8 Å². The van der Waals surface area contributed by atoms with Gasteiger partial charge in [0.2, 0.25) is 29.2 Å². The molecule has 3 aliphatic rings. The van der Waals surface area contributed by atoms with Gasteiger partial charge in [-0.3, -0.25) is 33.7 Å². The van der Waals surface area contributed by atoms with Crippen LogP contribution in [0.4, 0.5) is 28.9 Å². The Bertz CT molecular complexity index is 2780. The number of anilines is 2. The highest BCUT2D eigenvalue weighted by molar-refractivity contribution is 7.13. The number of rotatable bonds is 13. The number of carbonyl (C=O) groups is 5. The number of carbonyl (C=O) groups excluding carboxylic acids is 5. The van der Waals surface area contributed by atoms with E-state index in [2.05, 4.69) is 30.8 Å². The molecule has 21 heteroatoms. The molecule has 2 aromatic carbocycles. The number of aromatic nitrogens is 2. The SMILES string of the molecule is Cc1ncsc1-c1ccc(CNC(=O)[C@@H]2C[C@@H](O)CN2C(=O)[C@@H](NC(=O)CCC(=O)N2CC=C(c3cc(NC(=O)c4c[nH]c(=O)cc4C(F)(F)F)c(N4CC(C)N(C)[C@H](C)C4)cc3F)CC2)C(C)(C)C)cc1. The minimum Gasteiger partial charge on any atom is -0.391 e. The van der Waals surface area contributed by atoms with Gasteiger partial charge < -0.3 is 40.7 Å². The molecule has 5 atom stereocenters. The van der Waals surface area contributed by atoms with Crippen LogP contribution >= 0.6 is 11.3 Å². The average Bonchev–Trinajstić information content (AvgIpc) is 3.95. The van der Waals surface area contributed by atoms with Crippen molar-refractivity contribution in [1.29, 1.82) is 0 Å². The maximum atomic E-state index is 16.2. The largest absolute Gasteiger partial charge is 0.417 e. The molecular weight excluding hydrogens is 959 g/mol. The van der Waals surface area contributed by atoms with Gasteiger partial charge in [-0.05, 0) is 68.5 Å². The fraction of sp³-hybridized carbons (Fsp3) is 0.471. The summed E-state index contributed by atoms with van der Waals surface area (Å²) in [6, 6.07) is 8.55. The standard InChI is InChI=1S/C51H61F4N9O7S/c1-28-24-63(25-29(2)61(28)7)40-21-38(52)35(19-39(40)59-47(69)36-23-56-43(67)20-37(36)51(53,54)55)32-14-16-62(17-15-32)44(68)13-12-42(66)60-46(50(4,5)6)49(71)64-26-34(65)18-41(64)48(70)57-22-31-8-10-33(11-9-31)45-30(3)58-27-72-45/h8-11,14,19-21,23,27-29,34,41,46,65H,12-13,15-18,22,24-26H2,1-7H3,(H,56,67)(H,57,70)(H,59,69)(H,60,66)/t28-,29?,34-,41+,46-/m1/s1. The normalized spacial score (nSPS) is 20.2. The lowest BCUT2D eigenvalue weighted by atomic mass is 9.85. The summed E-state index contributed by atoms with van der Waals surface area (Å²) in [6.45, 7) is 12.3. The summed E-state index contributed by atoms with van der Waals surface area (Å²) in [5, 5.41) is 18.9. The van der Waals surface area contributed by atoms with Gasteiger partial charge in [-0.25, -0.2) is 9.37 Å². The van der Waals surface area contributed by atoms with Gasteiger partial charge in [-0.1, -0.05) is 51.1 Å². The molecule has 72 heavy (non-hydrogen) atoms. The number of hydrogen-bond acceptors (Lipinski definition) is 11. The smallest absolute Gasteiger partial charge is 0.391 e. The second-order valence-corrected chi connectivity index (χ2v) is 20.8. The molecule has 16 nitrogen and oxygen atoms in total. The Hall–Kier alpha value is -6.45. The Kier molecular flexibility index (Phi) is 16.1. The zero-order valence-corrected chi connectivity index (χ0v) is 42.1. The Labute approximate surface area is 418 Å². The lowest BCUT2D eigenvalue weighted by molar-refractivity contribution is -0.144. The average molecular weight is 1020 g/mol. The van der Waals surface area contributed by atoms with Crippen molar-refractivity contribution in [3.63, 3.8) is 0 Å². The van der Waals surface area contributed by atoms with Crippen molar-refractivity contribution in [3.8, 4) is 10.4 Å². The van der Waals surface area contributed by atoms with E-state index in [0.717, 1.165) is 21.7 Å². The number of pyridine rings is 1. The first-order valence-electron chi connectivity index (χ1n) is 23.8. The molecule has 4 aromatic rings. The zero-order chi connectivity index (χ0) is 52.4. The number of aliphatic hydroxyl groups is 1. The van der Waals surface area contributed by atoms with Gasteiger partial charge in [0.1, 0.15) is 17.9 Å². The summed E-state index contributed by atoms with van der Waals surface area (Å²) in [5.41, 5.74) is 1.30. The molecule has 2 aromatic heterocycles. The van der Waals surface area contributed by atoms with E-state index in [1.807, 2.05) is 57.0 Å². The first kappa shape index (κ1) is 53.4. The quantitative estimate of drug-likeness (QED) is 0.0998. The van der Waals surface area contributed by atoms with E-state index < -0.39 is 75.9 Å². The van der Waals surface area contributed by atoms with Crippen LogP contribution in [0.3, 0.4) is 0 Å². The predicted octanol–water partition coefficient (Wildman–Crippen LogP) is 5.95. The number of piperazine rings is 1. The highest BCUT2D eigenvalue weighted by Gasteiger charge is 2.45. The Morgan fingerprint density at radius 3 is 2.29 bits per heavy atom. The van der Waals surface area contributed by atoms with Gasteiger partial charge in [-0.15, -0.1) is 11.3 Å². The van der Waals surface area contributed by atoms with Crippen LogP contribution in [0.15, 0.2) is 65.0 Å². The molecule has 3 aliphatic heterocycles. The van der Waals surface area contributed by atoms with Crippen LogP contribution in [0.25, 0.3) is 16.0 Å².